The summed E-state index contributed by atoms with van der Waals surface area (Å²) in [6, 6.07) is 56.9. The average Bonchev–Trinajstić information content (AvgIpc) is 1.32. The van der Waals surface area contributed by atoms with Crippen LogP contribution >= 0.6 is 0 Å². The van der Waals surface area contributed by atoms with Gasteiger partial charge in [0.25, 0.3) is 23.6 Å². The Morgan fingerprint density at radius 1 is 0.353 bits per heavy atom. The molecule has 0 radical (unpaired) electrons. The number of nitrogens with two attached hydrogens (primary N) is 3. The molecule has 0 bridgehead atoms. The number of carbonyl (C=O) groups is 5. The van der Waals surface area contributed by atoms with Gasteiger partial charge in [-0.05, 0) is 318 Å². The van der Waals surface area contributed by atoms with Crippen LogP contribution in [0, 0.1) is 0 Å². The molecular weight excluding hydrogens is 1900 g/mol. The van der Waals surface area contributed by atoms with Crippen LogP contribution in [0.4, 0.5) is 57.9 Å². The number of aryl methyl sites for hydroxylation is 8. The summed E-state index contributed by atoms with van der Waals surface area (Å²) in [5.41, 5.74) is 39.4. The second-order valence-electron chi connectivity index (χ2n) is 39.2. The number of nitrogens with one attached hydrogen (secondary N) is 5. The van der Waals surface area contributed by atoms with Gasteiger partial charge in [-0.15, -0.1) is 0 Å². The summed E-state index contributed by atoms with van der Waals surface area (Å²) < 4.78 is 7.01. The zero-order valence-electron chi connectivity index (χ0n) is 83.0. The monoisotopic (exact) mass is 2010 g/mol. The third-order valence-electron chi connectivity index (χ3n) is 29.6. The number of likely N-dealkylation sites (tertiary alicyclic amines) is 2. The van der Waals surface area contributed by atoms with Crippen molar-refractivity contribution in [2.75, 3.05) is 90.7 Å². The largest absolute Gasteiger partial charge is 0.394 e. The standard InChI is InChI=1S/C29H30N6O4.C29H30N6O2.C28H26N6O3.C28H28N6O3/c1-39-33-28(38)25-16-35(22-10-7-18-4-2-5-19(18)14-22)27-24(26(25)37)15-30-29(32-27)31-20-8-11-21(12-9-20)34-13-3-6-23(34)17-36;30-27(37)25-18-35(23-11-8-20-4-3-5-21(20)16-23)28-24(26(25)36)17-31-29(33-28)32-22-9-6-19(7-10-22)12-15-34-13-1-2-14-34;29-26(37)23-16-34(21-11-8-18-3-1-4-19(18)13-21)27-22(25(23)36)14-30-28(32-27)31-20-9-6-17(7-10-20)15-33-12-2-5-24(33)35;29-26(37)24-15-34(21-9-6-17-3-1-4-18(17)13-21)27-23(25(24)36)14-30-28(32-27)31-19-7-10-20(11-8-19)33-12-2-5-22(33)16-35/h7-12,14-16,23,36H,2-6,13,17H2,1H3,(H,33,38)(H,30,31,32);6-11,16-18H,1-5,12-15H2,(H2,30,37)(H,31,32,33);6-11,13-14,16H,1-5,12,15H2,(H2,29,37)(H,30,31,32);6-11,13-15,22,35H,1-5,12,16H2,(H2,29,37)(H,30,31,32)/t23-;;;22-/m0..0/s1. The van der Waals surface area contributed by atoms with Gasteiger partial charge in [-0.1, -0.05) is 48.5 Å². The summed E-state index contributed by atoms with van der Waals surface area (Å²) in [5, 5.41) is 33.1. The van der Waals surface area contributed by atoms with Gasteiger partial charge in [0.05, 0.1) is 54.0 Å². The summed E-state index contributed by atoms with van der Waals surface area (Å²) in [4.78, 5) is 163. The van der Waals surface area contributed by atoms with Crippen LogP contribution in [0.25, 0.3) is 66.9 Å². The second-order valence-corrected chi connectivity index (χ2v) is 39.2. The molecule has 36 heteroatoms. The lowest BCUT2D eigenvalue weighted by atomic mass is 10.1. The molecule has 0 saturated carbocycles. The van der Waals surface area contributed by atoms with E-state index < -0.39 is 45.3 Å². The zero-order valence-corrected chi connectivity index (χ0v) is 83.0. The number of rotatable bonds is 26. The van der Waals surface area contributed by atoms with Crippen LogP contribution in [0.3, 0.4) is 0 Å². The molecule has 4 fully saturated rings. The number of aliphatic hydroxyl groups is 2. The summed E-state index contributed by atoms with van der Waals surface area (Å²) in [5.74, 6) is -1.44. The molecule has 0 unspecified atom stereocenters. The van der Waals surface area contributed by atoms with Gasteiger partial charge in [0.2, 0.25) is 51.4 Å². The molecule has 8 aliphatic rings. The average molecular weight is 2010 g/mol. The van der Waals surface area contributed by atoms with E-state index in [1.54, 1.807) is 18.3 Å². The van der Waals surface area contributed by atoms with Crippen molar-refractivity contribution in [2.45, 2.75) is 153 Å². The Morgan fingerprint density at radius 2 is 0.667 bits per heavy atom. The number of aromatic nitrogens is 12. The van der Waals surface area contributed by atoms with E-state index in [9.17, 15) is 53.4 Å². The Balaban J connectivity index is 0.000000117. The molecule has 16 aromatic rings. The lowest BCUT2D eigenvalue weighted by molar-refractivity contribution is -0.128. The number of pyridine rings is 4. The van der Waals surface area contributed by atoms with Crippen molar-refractivity contribution < 1.29 is 39.0 Å². The molecule has 762 valence electrons. The molecule has 36 nitrogen and oxygen atoms in total. The highest BCUT2D eigenvalue weighted by molar-refractivity contribution is 5.99. The third kappa shape index (κ3) is 21.1. The van der Waals surface area contributed by atoms with Crippen LogP contribution in [-0.2, 0) is 74.0 Å². The predicted molar refractivity (Wildman–Crippen MR) is 577 cm³/mol. The van der Waals surface area contributed by atoms with Crippen LogP contribution in [-0.4, -0.2) is 179 Å². The van der Waals surface area contributed by atoms with Crippen LogP contribution in [0.5, 0.6) is 0 Å². The predicted octanol–water partition coefficient (Wildman–Crippen LogP) is 13.3. The number of anilines is 10. The van der Waals surface area contributed by atoms with Gasteiger partial charge in [-0.3, -0.25) is 48.0 Å². The maximum atomic E-state index is 13.2. The number of fused-ring (bicyclic) bond motifs is 8. The van der Waals surface area contributed by atoms with E-state index in [1.807, 2.05) is 114 Å². The van der Waals surface area contributed by atoms with Gasteiger partial charge in [-0.2, -0.15) is 19.9 Å². The smallest absolute Gasteiger partial charge is 0.280 e. The van der Waals surface area contributed by atoms with Crippen LogP contribution in [0.15, 0.2) is 239 Å². The molecule has 2 atom stereocenters. The Hall–Kier alpha value is -17.1. The Labute approximate surface area is 861 Å². The maximum Gasteiger partial charge on any atom is 0.280 e. The number of aliphatic hydroxyl groups excluding tert-OH is 2. The van der Waals surface area contributed by atoms with E-state index >= 15 is 0 Å². The quantitative estimate of drug-likeness (QED) is 0.0225. The van der Waals surface area contributed by atoms with E-state index in [-0.39, 0.29) is 75.0 Å². The van der Waals surface area contributed by atoms with Gasteiger partial charge < -0.3 is 86.5 Å². The Morgan fingerprint density at radius 3 is 0.987 bits per heavy atom. The first-order chi connectivity index (χ1) is 73.1. The summed E-state index contributed by atoms with van der Waals surface area (Å²) in [6.07, 6.45) is 33.7. The number of hydrogen-bond acceptors (Lipinski definition) is 27. The molecule has 4 saturated heterocycles. The second kappa shape index (κ2) is 43.5. The molecule has 150 heavy (non-hydrogen) atoms. The minimum Gasteiger partial charge on any atom is -0.394 e. The molecule has 12 heterocycles. The van der Waals surface area contributed by atoms with E-state index in [0.717, 1.165) is 204 Å². The molecule has 8 aromatic heterocycles. The van der Waals surface area contributed by atoms with Gasteiger partial charge >= 0.3 is 0 Å². The van der Waals surface area contributed by atoms with E-state index in [2.05, 4.69) is 132 Å². The SMILES string of the molecule is CONC(=O)c1cn(-c2ccc3c(c2)CCC3)c2nc(Nc3ccc(N4CCC[C@H]4CO)cc3)ncc2c1=O.NC(=O)c1cn(-c2ccc3c(c2)CCC3)c2nc(Nc3ccc(CCN4CCCC4)cc3)ncc2c1=O.NC(=O)c1cn(-c2ccc3c(c2)CCC3)c2nc(Nc3ccc(CN4CCCC4=O)cc3)ncc2c1=O.NC(=O)c1cn(-c2ccc3c(c2)CCC3)c2nc(Nc3ccc(N4CCC[C@H]4CO)cc3)ncc2c1=O. The minimum atomic E-state index is -0.792. The number of benzene rings is 8. The van der Waals surface area contributed by atoms with Crippen LogP contribution in [0.2, 0.25) is 0 Å². The van der Waals surface area contributed by atoms with Gasteiger partial charge in [0.15, 0.2) is 22.6 Å². The van der Waals surface area contributed by atoms with Gasteiger partial charge in [0.1, 0.15) is 22.3 Å². The van der Waals surface area contributed by atoms with Gasteiger partial charge in [0, 0.05) is 146 Å². The highest BCUT2D eigenvalue weighted by atomic mass is 16.6. The van der Waals surface area contributed by atoms with E-state index in [1.165, 1.54) is 133 Å². The molecular formula is C114H114N24O12. The number of carbonyl (C=O) groups excluding carboxylic acids is 5. The van der Waals surface area contributed by atoms with Crippen molar-refractivity contribution in [2.24, 2.45) is 17.2 Å². The highest BCUT2D eigenvalue weighted by Crippen LogP contribution is 2.36. The fourth-order valence-corrected chi connectivity index (χ4v) is 21.7. The van der Waals surface area contributed by atoms with Crippen LogP contribution in [0.1, 0.15) is 174 Å². The Bertz CT molecular complexity index is 8220. The van der Waals surface area contributed by atoms with Crippen molar-refractivity contribution in [3.8, 4) is 22.7 Å². The zero-order chi connectivity index (χ0) is 103. The molecule has 8 aromatic carbocycles. The third-order valence-corrected chi connectivity index (χ3v) is 29.6. The maximum absolute atomic E-state index is 13.2. The summed E-state index contributed by atoms with van der Waals surface area (Å²) in [7, 11) is 1.32. The number of nitrogens with zero attached hydrogens (tertiary/aromatic N) is 16. The molecule has 13 N–H and O–H groups in total. The van der Waals surface area contributed by atoms with E-state index in [4.69, 9.17) is 32.0 Å². The number of primary amides is 3. The van der Waals surface area contributed by atoms with Crippen molar-refractivity contribution >= 4 is 132 Å². The van der Waals surface area contributed by atoms with Crippen molar-refractivity contribution in [3.05, 3.63) is 338 Å². The first kappa shape index (κ1) is 98.9. The Kier molecular flexibility index (Phi) is 28.7. The molecule has 5 amide bonds. The van der Waals surface area contributed by atoms with Crippen molar-refractivity contribution in [1.82, 2.24) is 73.4 Å². The summed E-state index contributed by atoms with van der Waals surface area (Å²) in [6.45, 7) is 7.05. The lowest BCUT2D eigenvalue weighted by Crippen LogP contribution is -2.31. The fraction of sp³-hybridized carbons (Fsp3) is 0.289. The molecule has 24 rings (SSSR count). The normalized spacial score (nSPS) is 15.8. The number of hydroxylamine groups is 1. The summed E-state index contributed by atoms with van der Waals surface area (Å²) >= 11 is 0. The minimum absolute atomic E-state index is 0.0622. The fourth-order valence-electron chi connectivity index (χ4n) is 21.7. The van der Waals surface area contributed by atoms with Gasteiger partial charge in [-0.25, -0.2) is 25.4 Å². The molecule has 4 aliphatic carbocycles. The molecule has 4 aliphatic heterocycles. The van der Waals surface area contributed by atoms with E-state index in [0.29, 0.717) is 59.3 Å². The topological polar surface area (TPSA) is 477 Å². The highest BCUT2D eigenvalue weighted by Gasteiger charge is 2.31. The van der Waals surface area contributed by atoms with Crippen molar-refractivity contribution in [1.29, 1.82) is 0 Å². The lowest BCUT2D eigenvalue weighted by Gasteiger charge is -2.25. The number of hydrogen-bond donors (Lipinski definition) is 10. The van der Waals surface area contributed by atoms with Crippen molar-refractivity contribution in [3.63, 3.8) is 0 Å². The molecule has 0 spiro atoms. The first-order valence-electron chi connectivity index (χ1n) is 51.2. The van der Waals surface area contributed by atoms with Crippen LogP contribution < -0.4 is 75.5 Å². The number of amides is 5. The first-order valence-corrected chi connectivity index (χ1v) is 51.2.